The average Bonchev–Trinajstić information content (AvgIpc) is 2.85. The Kier molecular flexibility index (Phi) is 4.06. The van der Waals surface area contributed by atoms with Crippen LogP contribution in [0.5, 0.6) is 0 Å². The van der Waals surface area contributed by atoms with Gasteiger partial charge in [0.2, 0.25) is 0 Å². The van der Waals surface area contributed by atoms with Crippen LogP contribution in [0.2, 0.25) is 0 Å². The Morgan fingerprint density at radius 2 is 2.32 bits per heavy atom. The maximum Gasteiger partial charge on any atom is 0.306 e. The number of anilines is 1. The van der Waals surface area contributed by atoms with E-state index in [0.717, 1.165) is 30.5 Å². The quantitative estimate of drug-likeness (QED) is 0.871. The summed E-state index contributed by atoms with van der Waals surface area (Å²) in [5, 5.41) is 21.4. The molecule has 1 aromatic carbocycles. The van der Waals surface area contributed by atoms with Crippen LogP contribution in [0.15, 0.2) is 18.2 Å². The zero-order valence-corrected chi connectivity index (χ0v) is 11.0. The highest BCUT2D eigenvalue weighted by molar-refractivity contribution is 5.71. The van der Waals surface area contributed by atoms with Gasteiger partial charge < -0.3 is 10.4 Å². The molecule has 2 N–H and O–H groups in total. The molecule has 1 aliphatic carbocycles. The van der Waals surface area contributed by atoms with E-state index in [4.69, 9.17) is 10.4 Å². The molecular weight excluding hydrogens is 240 g/mol. The smallest absolute Gasteiger partial charge is 0.306 e. The van der Waals surface area contributed by atoms with E-state index in [-0.39, 0.29) is 11.8 Å². The second kappa shape index (κ2) is 5.75. The Bertz CT molecular complexity index is 519. The van der Waals surface area contributed by atoms with Crippen molar-refractivity contribution in [3.05, 3.63) is 29.3 Å². The molecule has 0 amide bonds. The molecule has 0 bridgehead atoms. The zero-order chi connectivity index (χ0) is 13.8. The molecule has 19 heavy (non-hydrogen) atoms. The minimum Gasteiger partial charge on any atom is -0.481 e. The first-order valence-corrected chi connectivity index (χ1v) is 6.59. The van der Waals surface area contributed by atoms with E-state index in [0.29, 0.717) is 12.1 Å². The first kappa shape index (κ1) is 13.4. The SMILES string of the molecule is Cc1ccc(C#N)c(NCC2CCCC2C(=O)O)c1. The highest BCUT2D eigenvalue weighted by Gasteiger charge is 2.32. The highest BCUT2D eigenvalue weighted by atomic mass is 16.4. The number of aryl methyl sites for hydroxylation is 1. The van der Waals surface area contributed by atoms with Gasteiger partial charge in [-0.3, -0.25) is 4.79 Å². The fourth-order valence-corrected chi connectivity index (χ4v) is 2.75. The molecule has 4 heteroatoms. The van der Waals surface area contributed by atoms with E-state index in [1.165, 1.54) is 0 Å². The second-order valence-corrected chi connectivity index (χ2v) is 5.18. The standard InChI is InChI=1S/C15H18N2O2/c1-10-5-6-11(8-16)14(7-10)17-9-12-3-2-4-13(12)15(18)19/h5-7,12-13,17H,2-4,9H2,1H3,(H,18,19). The lowest BCUT2D eigenvalue weighted by Gasteiger charge is -2.18. The Morgan fingerprint density at radius 1 is 1.53 bits per heavy atom. The predicted molar refractivity (Wildman–Crippen MR) is 72.9 cm³/mol. The molecule has 0 aliphatic heterocycles. The summed E-state index contributed by atoms with van der Waals surface area (Å²) in [5.41, 5.74) is 2.50. The van der Waals surface area contributed by atoms with E-state index in [1.807, 2.05) is 19.1 Å². The molecule has 1 aliphatic rings. The third kappa shape index (κ3) is 3.05. The van der Waals surface area contributed by atoms with E-state index >= 15 is 0 Å². The topological polar surface area (TPSA) is 73.1 Å². The number of hydrogen-bond donors (Lipinski definition) is 2. The van der Waals surface area contributed by atoms with Crippen molar-refractivity contribution in [3.63, 3.8) is 0 Å². The molecule has 0 aromatic heterocycles. The van der Waals surface area contributed by atoms with Crippen LogP contribution >= 0.6 is 0 Å². The molecule has 1 aromatic rings. The summed E-state index contributed by atoms with van der Waals surface area (Å²) in [6, 6.07) is 7.78. The predicted octanol–water partition coefficient (Wildman–Crippen LogP) is 2.78. The molecule has 2 atom stereocenters. The molecule has 2 unspecified atom stereocenters. The fourth-order valence-electron chi connectivity index (χ4n) is 2.75. The molecule has 4 nitrogen and oxygen atoms in total. The van der Waals surface area contributed by atoms with Gasteiger partial charge in [0.25, 0.3) is 0 Å². The van der Waals surface area contributed by atoms with Crippen molar-refractivity contribution < 1.29 is 9.90 Å². The van der Waals surface area contributed by atoms with E-state index in [1.54, 1.807) is 6.07 Å². The number of carboxylic acids is 1. The number of carbonyl (C=O) groups is 1. The molecule has 0 spiro atoms. The summed E-state index contributed by atoms with van der Waals surface area (Å²) >= 11 is 0. The highest BCUT2D eigenvalue weighted by Crippen LogP contribution is 2.32. The van der Waals surface area contributed by atoms with Crippen LogP contribution in [0, 0.1) is 30.1 Å². The number of benzene rings is 1. The monoisotopic (exact) mass is 258 g/mol. The maximum absolute atomic E-state index is 11.1. The summed E-state index contributed by atoms with van der Waals surface area (Å²) in [4.78, 5) is 11.1. The minimum absolute atomic E-state index is 0.157. The van der Waals surface area contributed by atoms with Gasteiger partial charge in [0, 0.05) is 6.54 Å². The van der Waals surface area contributed by atoms with Crippen molar-refractivity contribution in [3.8, 4) is 6.07 Å². The van der Waals surface area contributed by atoms with Gasteiger partial charge in [-0.05, 0) is 43.4 Å². The second-order valence-electron chi connectivity index (χ2n) is 5.18. The van der Waals surface area contributed by atoms with Gasteiger partial charge in [0.1, 0.15) is 6.07 Å². The molecule has 0 radical (unpaired) electrons. The van der Waals surface area contributed by atoms with Gasteiger partial charge >= 0.3 is 5.97 Å². The Labute approximate surface area is 113 Å². The normalized spacial score (nSPS) is 21.9. The van der Waals surface area contributed by atoms with Gasteiger partial charge in [-0.25, -0.2) is 0 Å². The number of nitriles is 1. The van der Waals surface area contributed by atoms with Gasteiger partial charge in [0.15, 0.2) is 0 Å². The summed E-state index contributed by atoms with van der Waals surface area (Å²) < 4.78 is 0. The summed E-state index contributed by atoms with van der Waals surface area (Å²) in [6.07, 6.45) is 2.68. The van der Waals surface area contributed by atoms with Gasteiger partial charge in [-0.1, -0.05) is 12.5 Å². The molecule has 2 rings (SSSR count). The first-order valence-electron chi connectivity index (χ1n) is 6.59. The van der Waals surface area contributed by atoms with Crippen molar-refractivity contribution in [2.45, 2.75) is 26.2 Å². The van der Waals surface area contributed by atoms with E-state index in [9.17, 15) is 4.79 Å². The first-order chi connectivity index (χ1) is 9.11. The number of rotatable bonds is 4. The Morgan fingerprint density at radius 3 is 3.00 bits per heavy atom. The van der Waals surface area contributed by atoms with Crippen LogP contribution in [0.25, 0.3) is 0 Å². The largest absolute Gasteiger partial charge is 0.481 e. The minimum atomic E-state index is -0.700. The number of hydrogen-bond acceptors (Lipinski definition) is 3. The third-order valence-corrected chi connectivity index (χ3v) is 3.83. The Balaban J connectivity index is 2.05. The van der Waals surface area contributed by atoms with E-state index < -0.39 is 5.97 Å². The van der Waals surface area contributed by atoms with Crippen LogP contribution in [0.4, 0.5) is 5.69 Å². The summed E-state index contributed by atoms with van der Waals surface area (Å²) in [6.45, 7) is 2.59. The van der Waals surface area contributed by atoms with Crippen LogP contribution in [-0.2, 0) is 4.79 Å². The van der Waals surface area contributed by atoms with Crippen LogP contribution in [0.3, 0.4) is 0 Å². The third-order valence-electron chi connectivity index (χ3n) is 3.83. The lowest BCUT2D eigenvalue weighted by molar-refractivity contribution is -0.142. The average molecular weight is 258 g/mol. The molecule has 1 fully saturated rings. The summed E-state index contributed by atoms with van der Waals surface area (Å²) in [5.74, 6) is -0.790. The Hall–Kier alpha value is -2.02. The number of nitrogens with zero attached hydrogens (tertiary/aromatic N) is 1. The van der Waals surface area contributed by atoms with Crippen molar-refractivity contribution in [1.29, 1.82) is 5.26 Å². The van der Waals surface area contributed by atoms with E-state index in [2.05, 4.69) is 11.4 Å². The van der Waals surface area contributed by atoms with Gasteiger partial charge in [-0.2, -0.15) is 5.26 Å². The van der Waals surface area contributed by atoms with Crippen molar-refractivity contribution in [2.75, 3.05) is 11.9 Å². The molecule has 0 saturated heterocycles. The molecule has 1 saturated carbocycles. The van der Waals surface area contributed by atoms with Gasteiger partial charge in [-0.15, -0.1) is 0 Å². The lowest BCUT2D eigenvalue weighted by atomic mass is 9.96. The maximum atomic E-state index is 11.1. The molecule has 0 heterocycles. The van der Waals surface area contributed by atoms with Crippen molar-refractivity contribution in [2.24, 2.45) is 11.8 Å². The van der Waals surface area contributed by atoms with Crippen LogP contribution < -0.4 is 5.32 Å². The number of aliphatic carboxylic acids is 1. The fraction of sp³-hybridized carbons (Fsp3) is 0.467. The molecule has 100 valence electrons. The van der Waals surface area contributed by atoms with Crippen LogP contribution in [-0.4, -0.2) is 17.6 Å². The summed E-state index contributed by atoms with van der Waals surface area (Å²) in [7, 11) is 0. The number of nitrogens with one attached hydrogen (secondary N) is 1. The zero-order valence-electron chi connectivity index (χ0n) is 11.0. The number of carboxylic acid groups (broad SMARTS) is 1. The molecular formula is C15H18N2O2. The lowest BCUT2D eigenvalue weighted by Crippen LogP contribution is -2.24. The van der Waals surface area contributed by atoms with Gasteiger partial charge in [0.05, 0.1) is 17.2 Å². The van der Waals surface area contributed by atoms with Crippen molar-refractivity contribution >= 4 is 11.7 Å². The van der Waals surface area contributed by atoms with Crippen LogP contribution in [0.1, 0.15) is 30.4 Å². The van der Waals surface area contributed by atoms with Crippen molar-refractivity contribution in [1.82, 2.24) is 0 Å².